The summed E-state index contributed by atoms with van der Waals surface area (Å²) in [6, 6.07) is 12.7. The monoisotopic (exact) mass is 609 g/mol. The first-order chi connectivity index (χ1) is 20.8. The number of carboxylic acids is 1. The minimum atomic E-state index is -1.11. The first-order valence-corrected chi connectivity index (χ1v) is 15.9. The molecule has 0 unspecified atom stereocenters. The summed E-state index contributed by atoms with van der Waals surface area (Å²) in [7, 11) is 0. The molecule has 0 spiro atoms. The Labute approximate surface area is 256 Å². The standard InChI is InChI=1S/C32H39N3O7S/c1-2-42-32(41)24(33-25-21-43-27-18-12-11-17-26(27)35(31(25)40)20-28(36)37)16-8-6-4-3-5-7-13-19-34-29(38)22-14-9-10-15-23(22)30(34)39/h9-12,14-15,17-18,24-25,33H,2-8,13,16,19-21H2,1H3,(H,36,37)/t24-,25-/m0/s1. The molecule has 43 heavy (non-hydrogen) atoms. The lowest BCUT2D eigenvalue weighted by molar-refractivity contribution is -0.146. The maximum atomic E-state index is 13.4. The van der Waals surface area contributed by atoms with E-state index in [1.54, 1.807) is 43.3 Å². The molecule has 2 atom stereocenters. The van der Waals surface area contributed by atoms with E-state index >= 15 is 0 Å². The molecule has 2 heterocycles. The van der Waals surface area contributed by atoms with Gasteiger partial charge in [-0.1, -0.05) is 62.8 Å². The van der Waals surface area contributed by atoms with Crippen LogP contribution in [0.3, 0.4) is 0 Å². The summed E-state index contributed by atoms with van der Waals surface area (Å²) in [4.78, 5) is 66.2. The minimum absolute atomic E-state index is 0.214. The number of esters is 1. The van der Waals surface area contributed by atoms with Crippen LogP contribution in [-0.4, -0.2) is 77.2 Å². The quantitative estimate of drug-likeness (QED) is 0.160. The molecule has 0 saturated heterocycles. The maximum absolute atomic E-state index is 13.4. The zero-order valence-electron chi connectivity index (χ0n) is 24.5. The molecule has 0 saturated carbocycles. The molecule has 230 valence electrons. The Morgan fingerprint density at radius 2 is 1.51 bits per heavy atom. The number of unbranched alkanes of at least 4 members (excludes halogenated alkanes) is 6. The Kier molecular flexibility index (Phi) is 11.7. The van der Waals surface area contributed by atoms with Crippen molar-refractivity contribution in [1.82, 2.24) is 10.2 Å². The number of para-hydroxylation sites is 1. The van der Waals surface area contributed by atoms with Gasteiger partial charge in [-0.05, 0) is 44.0 Å². The van der Waals surface area contributed by atoms with Gasteiger partial charge in [0, 0.05) is 17.2 Å². The molecule has 2 aliphatic rings. The van der Waals surface area contributed by atoms with E-state index in [1.807, 2.05) is 12.1 Å². The maximum Gasteiger partial charge on any atom is 0.323 e. The molecular weight excluding hydrogens is 570 g/mol. The molecule has 4 rings (SSSR count). The van der Waals surface area contributed by atoms with Crippen LogP contribution < -0.4 is 10.2 Å². The average molecular weight is 610 g/mol. The SMILES string of the molecule is CCOC(=O)[C@H](CCCCCCCCCN1C(=O)c2ccccc2C1=O)N[C@H]1CSc2ccccc2N(CC(=O)O)C1=O. The molecule has 0 aliphatic carbocycles. The fourth-order valence-corrected chi connectivity index (χ4v) is 6.56. The Morgan fingerprint density at radius 3 is 2.16 bits per heavy atom. The van der Waals surface area contributed by atoms with Crippen LogP contribution in [0.5, 0.6) is 0 Å². The van der Waals surface area contributed by atoms with Crippen LogP contribution in [0.2, 0.25) is 0 Å². The lowest BCUT2D eigenvalue weighted by Crippen LogP contribution is -2.54. The van der Waals surface area contributed by atoms with Crippen molar-refractivity contribution < 1.29 is 33.8 Å². The van der Waals surface area contributed by atoms with Gasteiger partial charge in [0.15, 0.2) is 0 Å². The van der Waals surface area contributed by atoms with E-state index in [4.69, 9.17) is 4.74 Å². The van der Waals surface area contributed by atoms with Crippen molar-refractivity contribution in [2.45, 2.75) is 75.3 Å². The number of anilines is 1. The summed E-state index contributed by atoms with van der Waals surface area (Å²) < 4.78 is 5.29. The first-order valence-electron chi connectivity index (χ1n) is 14.9. The second-order valence-electron chi connectivity index (χ2n) is 10.7. The van der Waals surface area contributed by atoms with Crippen LogP contribution >= 0.6 is 11.8 Å². The predicted octanol–water partition coefficient (Wildman–Crippen LogP) is 4.52. The van der Waals surface area contributed by atoms with E-state index in [0.717, 1.165) is 49.8 Å². The highest BCUT2D eigenvalue weighted by molar-refractivity contribution is 7.99. The topological polar surface area (TPSA) is 133 Å². The third-order valence-electron chi connectivity index (χ3n) is 7.65. The van der Waals surface area contributed by atoms with Crippen molar-refractivity contribution in [2.75, 3.05) is 30.3 Å². The van der Waals surface area contributed by atoms with E-state index in [9.17, 15) is 29.1 Å². The molecule has 2 aromatic carbocycles. The van der Waals surface area contributed by atoms with Crippen molar-refractivity contribution in [2.24, 2.45) is 0 Å². The summed E-state index contributed by atoms with van der Waals surface area (Å²) in [6.07, 6.45) is 6.80. The summed E-state index contributed by atoms with van der Waals surface area (Å²) in [5, 5.41) is 12.6. The number of fused-ring (bicyclic) bond motifs is 2. The van der Waals surface area contributed by atoms with Crippen LogP contribution in [0.15, 0.2) is 53.4 Å². The van der Waals surface area contributed by atoms with Gasteiger partial charge in [0.1, 0.15) is 12.6 Å². The van der Waals surface area contributed by atoms with E-state index < -0.39 is 30.6 Å². The van der Waals surface area contributed by atoms with Gasteiger partial charge in [0.25, 0.3) is 11.8 Å². The molecule has 2 aromatic rings. The van der Waals surface area contributed by atoms with E-state index in [-0.39, 0.29) is 24.3 Å². The normalized spacial score (nSPS) is 17.0. The van der Waals surface area contributed by atoms with Gasteiger partial charge < -0.3 is 9.84 Å². The van der Waals surface area contributed by atoms with E-state index in [0.29, 0.717) is 35.5 Å². The zero-order chi connectivity index (χ0) is 30.8. The van der Waals surface area contributed by atoms with Crippen molar-refractivity contribution in [3.05, 3.63) is 59.7 Å². The smallest absolute Gasteiger partial charge is 0.323 e. The summed E-state index contributed by atoms with van der Waals surface area (Å²) in [6.45, 7) is 1.92. The largest absolute Gasteiger partial charge is 0.480 e. The molecule has 10 nitrogen and oxygen atoms in total. The fourth-order valence-electron chi connectivity index (χ4n) is 5.47. The number of rotatable bonds is 16. The number of hydrogen-bond acceptors (Lipinski definition) is 8. The number of nitrogens with zero attached hydrogens (tertiary/aromatic N) is 2. The van der Waals surface area contributed by atoms with Crippen LogP contribution in [0.1, 0.15) is 79.0 Å². The minimum Gasteiger partial charge on any atom is -0.480 e. The molecule has 2 aliphatic heterocycles. The van der Waals surface area contributed by atoms with Crippen molar-refractivity contribution in [3.63, 3.8) is 0 Å². The van der Waals surface area contributed by atoms with Crippen molar-refractivity contribution in [1.29, 1.82) is 0 Å². The second-order valence-corrected chi connectivity index (χ2v) is 11.8. The number of thioether (sulfide) groups is 1. The number of hydrogen-bond donors (Lipinski definition) is 2. The van der Waals surface area contributed by atoms with Crippen molar-refractivity contribution >= 4 is 47.1 Å². The number of nitrogens with one attached hydrogen (secondary N) is 1. The van der Waals surface area contributed by atoms with Crippen LogP contribution in [0.25, 0.3) is 0 Å². The molecule has 0 bridgehead atoms. The van der Waals surface area contributed by atoms with Gasteiger partial charge in [-0.3, -0.25) is 39.1 Å². The lowest BCUT2D eigenvalue weighted by atomic mass is 10.0. The average Bonchev–Trinajstić information content (AvgIpc) is 3.16. The third-order valence-corrected chi connectivity index (χ3v) is 8.80. The Bertz CT molecular complexity index is 1300. The van der Waals surface area contributed by atoms with Crippen LogP contribution in [-0.2, 0) is 19.1 Å². The fraction of sp³-hybridized carbons (Fsp3) is 0.469. The third kappa shape index (κ3) is 8.23. The lowest BCUT2D eigenvalue weighted by Gasteiger charge is -2.27. The number of ether oxygens (including phenoxy) is 1. The summed E-state index contributed by atoms with van der Waals surface area (Å²) in [5.74, 6) is -1.97. The molecule has 0 radical (unpaired) electrons. The second kappa shape index (κ2) is 15.7. The highest BCUT2D eigenvalue weighted by Crippen LogP contribution is 2.34. The number of benzene rings is 2. The number of carbonyl (C=O) groups is 5. The highest BCUT2D eigenvalue weighted by Gasteiger charge is 2.36. The Balaban J connectivity index is 1.20. The van der Waals surface area contributed by atoms with E-state index in [2.05, 4.69) is 5.32 Å². The summed E-state index contributed by atoms with van der Waals surface area (Å²) >= 11 is 1.46. The van der Waals surface area contributed by atoms with Crippen molar-refractivity contribution in [3.8, 4) is 0 Å². The molecule has 0 aromatic heterocycles. The Morgan fingerprint density at radius 1 is 0.907 bits per heavy atom. The van der Waals surface area contributed by atoms with Crippen LogP contribution in [0.4, 0.5) is 5.69 Å². The highest BCUT2D eigenvalue weighted by atomic mass is 32.2. The van der Waals surface area contributed by atoms with Gasteiger partial charge in [0.2, 0.25) is 5.91 Å². The number of imide groups is 1. The number of aliphatic carboxylic acids is 1. The van der Waals surface area contributed by atoms with Gasteiger partial charge in [-0.2, -0.15) is 0 Å². The van der Waals surface area contributed by atoms with Gasteiger partial charge >= 0.3 is 11.9 Å². The van der Waals surface area contributed by atoms with Crippen LogP contribution in [0, 0.1) is 0 Å². The molecule has 0 fully saturated rings. The molecular formula is C32H39N3O7S. The molecule has 11 heteroatoms. The summed E-state index contributed by atoms with van der Waals surface area (Å²) in [5.41, 5.74) is 1.52. The van der Waals surface area contributed by atoms with Gasteiger partial charge in [0.05, 0.1) is 29.5 Å². The van der Waals surface area contributed by atoms with E-state index in [1.165, 1.54) is 21.6 Å². The zero-order valence-corrected chi connectivity index (χ0v) is 25.3. The van der Waals surface area contributed by atoms with Gasteiger partial charge in [-0.25, -0.2) is 0 Å². The number of amides is 3. The first kappa shape index (κ1) is 32.2. The molecule has 2 N–H and O–H groups in total. The predicted molar refractivity (Wildman–Crippen MR) is 163 cm³/mol. The number of carbonyl (C=O) groups excluding carboxylic acids is 4. The number of carboxylic acid groups (broad SMARTS) is 1. The molecule has 3 amide bonds. The van der Waals surface area contributed by atoms with Gasteiger partial charge in [-0.15, -0.1) is 11.8 Å². The Hall–Kier alpha value is -3.70.